The molecule has 2 aromatic heterocycles. The van der Waals surface area contributed by atoms with Crippen molar-refractivity contribution in [2.75, 3.05) is 7.11 Å². The van der Waals surface area contributed by atoms with Gasteiger partial charge >= 0.3 is 0 Å². The Kier molecular flexibility index (Phi) is 3.02. The number of pyridine rings is 1. The number of hydrogen-bond donors (Lipinski definition) is 2. The van der Waals surface area contributed by atoms with Gasteiger partial charge in [-0.2, -0.15) is 4.98 Å². The van der Waals surface area contributed by atoms with Crippen LogP contribution < -0.4 is 10.5 Å². The first-order valence-corrected chi connectivity index (χ1v) is 5.83. The van der Waals surface area contributed by atoms with Gasteiger partial charge in [0, 0.05) is 6.07 Å². The fourth-order valence-corrected chi connectivity index (χ4v) is 1.81. The number of nitrogens with two attached hydrogens (primary N) is 1. The number of hydrogen-bond acceptors (Lipinski definition) is 4. The van der Waals surface area contributed by atoms with Crippen molar-refractivity contribution in [2.24, 2.45) is 5.73 Å². The molecule has 0 aromatic carbocycles. The van der Waals surface area contributed by atoms with E-state index in [0.717, 1.165) is 24.2 Å². The molecule has 0 fully saturated rings. The lowest BCUT2D eigenvalue weighted by Gasteiger charge is -2.23. The second-order valence-corrected chi connectivity index (χ2v) is 4.17. The third kappa shape index (κ3) is 1.98. The molecule has 5 heteroatoms. The maximum absolute atomic E-state index is 6.30. The molecule has 2 heterocycles. The van der Waals surface area contributed by atoms with Crippen LogP contribution in [0.15, 0.2) is 12.1 Å². The number of ether oxygens (including phenoxy) is 1. The van der Waals surface area contributed by atoms with E-state index in [4.69, 9.17) is 10.5 Å². The minimum Gasteiger partial charge on any atom is -0.481 e. The number of imidazole rings is 1. The summed E-state index contributed by atoms with van der Waals surface area (Å²) >= 11 is 0. The predicted octanol–water partition coefficient (Wildman–Crippen LogP) is 1.94. The molecule has 2 aromatic rings. The quantitative estimate of drug-likeness (QED) is 0.847. The van der Waals surface area contributed by atoms with E-state index in [1.165, 1.54) is 0 Å². The van der Waals surface area contributed by atoms with Gasteiger partial charge in [-0.3, -0.25) is 0 Å². The molecule has 5 nitrogen and oxygen atoms in total. The minimum atomic E-state index is -0.409. The van der Waals surface area contributed by atoms with Crippen molar-refractivity contribution < 1.29 is 4.74 Å². The van der Waals surface area contributed by atoms with E-state index in [1.54, 1.807) is 13.2 Å². The zero-order chi connectivity index (χ0) is 12.5. The molecule has 0 saturated heterocycles. The van der Waals surface area contributed by atoms with Crippen LogP contribution in [0.2, 0.25) is 0 Å². The van der Waals surface area contributed by atoms with Crippen molar-refractivity contribution in [1.82, 2.24) is 15.0 Å². The van der Waals surface area contributed by atoms with Crippen LogP contribution in [0.25, 0.3) is 11.2 Å². The average Bonchev–Trinajstić information content (AvgIpc) is 2.80. The molecule has 0 amide bonds. The summed E-state index contributed by atoms with van der Waals surface area (Å²) in [4.78, 5) is 12.0. The first-order valence-electron chi connectivity index (χ1n) is 5.83. The monoisotopic (exact) mass is 234 g/mol. The zero-order valence-electron chi connectivity index (χ0n) is 10.4. The summed E-state index contributed by atoms with van der Waals surface area (Å²) < 4.78 is 5.07. The van der Waals surface area contributed by atoms with Crippen molar-refractivity contribution in [3.05, 3.63) is 18.0 Å². The third-order valence-corrected chi connectivity index (χ3v) is 3.26. The summed E-state index contributed by atoms with van der Waals surface area (Å²) in [5.41, 5.74) is 7.43. The van der Waals surface area contributed by atoms with E-state index < -0.39 is 5.54 Å². The molecule has 3 N–H and O–H groups in total. The molecule has 0 unspecified atom stereocenters. The van der Waals surface area contributed by atoms with Crippen LogP contribution in [-0.4, -0.2) is 22.1 Å². The summed E-state index contributed by atoms with van der Waals surface area (Å²) in [6, 6.07) is 3.71. The molecule has 0 aliphatic rings. The van der Waals surface area contributed by atoms with Crippen LogP contribution in [0, 0.1) is 0 Å². The van der Waals surface area contributed by atoms with Crippen LogP contribution in [-0.2, 0) is 5.54 Å². The number of nitrogens with zero attached hydrogens (tertiary/aromatic N) is 2. The van der Waals surface area contributed by atoms with Crippen LogP contribution >= 0.6 is 0 Å². The van der Waals surface area contributed by atoms with Gasteiger partial charge in [0.05, 0.1) is 18.2 Å². The zero-order valence-corrected chi connectivity index (χ0v) is 10.4. The summed E-state index contributed by atoms with van der Waals surface area (Å²) in [7, 11) is 1.59. The number of nitrogens with one attached hydrogen (secondary N) is 1. The molecular weight excluding hydrogens is 216 g/mol. The van der Waals surface area contributed by atoms with Gasteiger partial charge in [0.15, 0.2) is 5.65 Å². The van der Waals surface area contributed by atoms with Crippen LogP contribution in [0.3, 0.4) is 0 Å². The van der Waals surface area contributed by atoms with Crippen molar-refractivity contribution in [2.45, 2.75) is 32.2 Å². The largest absolute Gasteiger partial charge is 0.481 e. The molecule has 2 rings (SSSR count). The highest BCUT2D eigenvalue weighted by Crippen LogP contribution is 2.25. The maximum Gasteiger partial charge on any atom is 0.215 e. The molecular formula is C12H18N4O. The molecule has 0 aliphatic carbocycles. The van der Waals surface area contributed by atoms with Crippen molar-refractivity contribution in [3.8, 4) is 5.88 Å². The molecule has 17 heavy (non-hydrogen) atoms. The molecule has 0 bridgehead atoms. The topological polar surface area (TPSA) is 76.8 Å². The van der Waals surface area contributed by atoms with Gasteiger partial charge in [-0.05, 0) is 18.9 Å². The lowest BCUT2D eigenvalue weighted by Crippen LogP contribution is -2.36. The lowest BCUT2D eigenvalue weighted by atomic mass is 9.93. The highest BCUT2D eigenvalue weighted by Gasteiger charge is 2.26. The first-order chi connectivity index (χ1) is 8.12. The SMILES string of the molecule is CCC(N)(CC)c1nc2nc(OC)ccc2[nH]1. The number of fused-ring (bicyclic) bond motifs is 1. The van der Waals surface area contributed by atoms with Crippen molar-refractivity contribution in [3.63, 3.8) is 0 Å². The Hall–Kier alpha value is -1.62. The molecule has 0 atom stereocenters. The van der Waals surface area contributed by atoms with E-state index in [2.05, 4.69) is 28.8 Å². The molecule has 92 valence electrons. The smallest absolute Gasteiger partial charge is 0.215 e. The number of rotatable bonds is 4. The molecule has 0 radical (unpaired) electrons. The Labute approximate surface area is 100 Å². The Morgan fingerprint density at radius 1 is 1.29 bits per heavy atom. The van der Waals surface area contributed by atoms with Crippen LogP contribution in [0.1, 0.15) is 32.5 Å². The van der Waals surface area contributed by atoms with Crippen LogP contribution in [0.5, 0.6) is 5.88 Å². The first kappa shape index (κ1) is 11.9. The van der Waals surface area contributed by atoms with Gasteiger partial charge in [-0.1, -0.05) is 13.8 Å². The predicted molar refractivity (Wildman–Crippen MR) is 66.9 cm³/mol. The maximum atomic E-state index is 6.30. The van der Waals surface area contributed by atoms with Gasteiger partial charge in [-0.25, -0.2) is 4.98 Å². The Morgan fingerprint density at radius 2 is 2.00 bits per heavy atom. The summed E-state index contributed by atoms with van der Waals surface area (Å²) in [5, 5.41) is 0. The summed E-state index contributed by atoms with van der Waals surface area (Å²) in [5.74, 6) is 1.35. The van der Waals surface area contributed by atoms with Gasteiger partial charge in [0.2, 0.25) is 5.88 Å². The van der Waals surface area contributed by atoms with Gasteiger partial charge in [-0.15, -0.1) is 0 Å². The minimum absolute atomic E-state index is 0.409. The van der Waals surface area contributed by atoms with Crippen molar-refractivity contribution in [1.29, 1.82) is 0 Å². The lowest BCUT2D eigenvalue weighted by molar-refractivity contribution is 0.391. The number of aromatic amines is 1. The second-order valence-electron chi connectivity index (χ2n) is 4.17. The van der Waals surface area contributed by atoms with Gasteiger partial charge < -0.3 is 15.5 Å². The van der Waals surface area contributed by atoms with Crippen LogP contribution in [0.4, 0.5) is 0 Å². The fraction of sp³-hybridized carbons (Fsp3) is 0.500. The Morgan fingerprint density at radius 3 is 2.59 bits per heavy atom. The number of aromatic nitrogens is 3. The van der Waals surface area contributed by atoms with E-state index >= 15 is 0 Å². The normalized spacial score (nSPS) is 12.0. The van der Waals surface area contributed by atoms with Crippen molar-refractivity contribution >= 4 is 11.2 Å². The molecule has 0 aliphatic heterocycles. The second kappa shape index (κ2) is 4.33. The number of H-pyrrole nitrogens is 1. The van der Waals surface area contributed by atoms with E-state index in [0.29, 0.717) is 11.5 Å². The average molecular weight is 234 g/mol. The van der Waals surface area contributed by atoms with E-state index in [1.807, 2.05) is 6.07 Å². The third-order valence-electron chi connectivity index (χ3n) is 3.26. The van der Waals surface area contributed by atoms with E-state index in [-0.39, 0.29) is 0 Å². The van der Waals surface area contributed by atoms with Gasteiger partial charge in [0.1, 0.15) is 5.82 Å². The fourth-order valence-electron chi connectivity index (χ4n) is 1.81. The highest BCUT2D eigenvalue weighted by atomic mass is 16.5. The standard InChI is InChI=1S/C12H18N4O/c1-4-12(13,5-2)11-14-8-6-7-9(17-3)15-10(8)16-11/h6-7H,4-5,13H2,1-3H3,(H,14,15,16). The number of methoxy groups -OCH3 is 1. The Balaban J connectivity index is 2.50. The summed E-state index contributed by atoms with van der Waals surface area (Å²) in [6.07, 6.45) is 1.67. The molecule has 0 saturated carbocycles. The highest BCUT2D eigenvalue weighted by molar-refractivity contribution is 5.71. The summed E-state index contributed by atoms with van der Waals surface area (Å²) in [6.45, 7) is 4.12. The van der Waals surface area contributed by atoms with Gasteiger partial charge in [0.25, 0.3) is 0 Å². The van der Waals surface area contributed by atoms with E-state index in [9.17, 15) is 0 Å². The Bertz CT molecular complexity index is 516. The molecule has 0 spiro atoms.